The van der Waals surface area contributed by atoms with E-state index in [1.54, 1.807) is 0 Å². The Morgan fingerprint density at radius 3 is 2.58 bits per heavy atom. The summed E-state index contributed by atoms with van der Waals surface area (Å²) < 4.78 is 88.4. The smallest absolute Gasteiger partial charge is 0.417 e. The van der Waals surface area contributed by atoms with E-state index in [9.17, 15) is 27.2 Å². The molecule has 0 spiro atoms. The molecule has 2 aliphatic rings. The second kappa shape index (κ2) is 11.6. The predicted molar refractivity (Wildman–Crippen MR) is 132 cm³/mol. The summed E-state index contributed by atoms with van der Waals surface area (Å²) in [4.78, 5) is 30.6. The maximum absolute atomic E-state index is 15.1. The van der Waals surface area contributed by atoms with Crippen molar-refractivity contribution in [2.45, 2.75) is 37.6 Å². The molecule has 0 radical (unpaired) electrons. The topological polar surface area (TPSA) is 116 Å². The molecule has 14 heteroatoms. The van der Waals surface area contributed by atoms with Gasteiger partial charge in [0.1, 0.15) is 18.4 Å². The Kier molecular flexibility index (Phi) is 8.61. The average molecular weight is 573 g/mol. The van der Waals surface area contributed by atoms with Gasteiger partial charge in [0.25, 0.3) is 11.8 Å². The lowest BCUT2D eigenvalue weighted by molar-refractivity contribution is -0.272. The highest BCUT2D eigenvalue weighted by Crippen LogP contribution is 2.55. The van der Waals surface area contributed by atoms with Crippen molar-refractivity contribution >= 4 is 17.5 Å². The first-order valence-electron chi connectivity index (χ1n) is 12.6. The zero-order valence-electron chi connectivity index (χ0n) is 21.8. The molecule has 0 bridgehead atoms. The van der Waals surface area contributed by atoms with Crippen LogP contribution in [0, 0.1) is 17.6 Å². The first-order valence-corrected chi connectivity index (χ1v) is 12.6. The molecule has 0 unspecified atom stereocenters. The van der Waals surface area contributed by atoms with Gasteiger partial charge >= 0.3 is 6.18 Å². The summed E-state index contributed by atoms with van der Waals surface area (Å²) in [5.41, 5.74) is 2.09. The lowest BCUT2D eigenvalue weighted by Crippen LogP contribution is -2.47. The molecule has 4 rings (SSSR count). The molecular weight excluding hydrogens is 543 g/mol. The third kappa shape index (κ3) is 5.88. The van der Waals surface area contributed by atoms with Gasteiger partial charge in [0.05, 0.1) is 13.2 Å². The number of aromatic nitrogens is 1. The summed E-state index contributed by atoms with van der Waals surface area (Å²) in [6.07, 6.45) is -5.52. The Morgan fingerprint density at radius 2 is 1.93 bits per heavy atom. The van der Waals surface area contributed by atoms with Crippen LogP contribution in [0.4, 0.5) is 27.6 Å². The van der Waals surface area contributed by atoms with E-state index < -0.39 is 58.9 Å². The Balaban J connectivity index is 1.68. The Morgan fingerprint density at radius 1 is 1.23 bits per heavy atom. The molecular formula is C26H29F5N4O5. The SMILES string of the molecule is C[C@H]1[C@@H](c2ccc(F)c(F)c2OCCN2CCOCC2)[C@H](C(=O)Nc2ccnc(C(N)=O)c2)O[C@@]1(C)C(F)(F)F. The van der Waals surface area contributed by atoms with Gasteiger partial charge in [-0.25, -0.2) is 4.39 Å². The average Bonchev–Trinajstić information content (AvgIpc) is 3.19. The molecule has 2 aliphatic heterocycles. The number of carbonyl (C=O) groups is 2. The summed E-state index contributed by atoms with van der Waals surface area (Å²) in [7, 11) is 0. The number of amides is 2. The fraction of sp³-hybridized carbons (Fsp3) is 0.500. The number of hydrogen-bond donors (Lipinski definition) is 2. The van der Waals surface area contributed by atoms with Crippen LogP contribution in [-0.4, -0.2) is 79.0 Å². The first kappa shape index (κ1) is 29.6. The molecule has 1 aromatic carbocycles. The molecule has 1 aromatic heterocycles. The summed E-state index contributed by atoms with van der Waals surface area (Å²) in [5, 5.41) is 2.41. The summed E-state index contributed by atoms with van der Waals surface area (Å²) in [6.45, 7) is 4.49. The molecule has 9 nitrogen and oxygen atoms in total. The lowest BCUT2D eigenvalue weighted by Gasteiger charge is -2.32. The van der Waals surface area contributed by atoms with Crippen molar-refractivity contribution in [2.24, 2.45) is 11.7 Å². The minimum Gasteiger partial charge on any atom is -0.489 e. The van der Waals surface area contributed by atoms with Gasteiger partial charge in [-0.05, 0) is 25.1 Å². The van der Waals surface area contributed by atoms with E-state index in [2.05, 4.69) is 10.3 Å². The Labute approximate surface area is 226 Å². The second-order valence-electron chi connectivity index (χ2n) is 9.82. The highest BCUT2D eigenvalue weighted by Gasteiger charge is 2.66. The van der Waals surface area contributed by atoms with Crippen LogP contribution in [0.15, 0.2) is 30.5 Å². The number of anilines is 1. The maximum Gasteiger partial charge on any atom is 0.417 e. The molecule has 0 aliphatic carbocycles. The minimum atomic E-state index is -4.91. The monoisotopic (exact) mass is 572 g/mol. The molecule has 2 fully saturated rings. The van der Waals surface area contributed by atoms with Crippen molar-refractivity contribution in [1.82, 2.24) is 9.88 Å². The molecule has 40 heavy (non-hydrogen) atoms. The van der Waals surface area contributed by atoms with E-state index in [4.69, 9.17) is 19.9 Å². The van der Waals surface area contributed by atoms with Crippen molar-refractivity contribution in [3.63, 3.8) is 0 Å². The van der Waals surface area contributed by atoms with Crippen LogP contribution in [0.3, 0.4) is 0 Å². The van der Waals surface area contributed by atoms with E-state index >= 15 is 4.39 Å². The van der Waals surface area contributed by atoms with Gasteiger partial charge in [0, 0.05) is 48.9 Å². The van der Waals surface area contributed by atoms with Crippen LogP contribution in [0.2, 0.25) is 0 Å². The summed E-state index contributed by atoms with van der Waals surface area (Å²) in [5.74, 6) is -7.93. The number of benzene rings is 1. The Hall–Kier alpha value is -3.36. The normalized spacial score (nSPS) is 25.5. The zero-order valence-corrected chi connectivity index (χ0v) is 21.8. The fourth-order valence-electron chi connectivity index (χ4n) is 4.94. The highest BCUT2D eigenvalue weighted by molar-refractivity contribution is 5.97. The third-order valence-corrected chi connectivity index (χ3v) is 7.40. The van der Waals surface area contributed by atoms with Crippen LogP contribution in [0.1, 0.15) is 35.8 Å². The standard InChI is InChI=1S/C26H29F5N4O5/c1-14-19(16-3-4-17(27)20(28)21(16)39-12-9-35-7-10-38-11-8-35)22(40-25(14,2)26(29,30)31)24(37)34-15-5-6-33-18(13-15)23(32)36/h3-6,13-14,19,22H,7-12H2,1-2H3,(H2,32,36)(H,33,34,37)/t14-,19-,22+,25+/m0/s1. The van der Waals surface area contributed by atoms with Crippen LogP contribution < -0.4 is 15.8 Å². The molecule has 3 N–H and O–H groups in total. The molecule has 2 amide bonds. The fourth-order valence-corrected chi connectivity index (χ4v) is 4.94. The largest absolute Gasteiger partial charge is 0.489 e. The molecule has 0 saturated carbocycles. The third-order valence-electron chi connectivity index (χ3n) is 7.40. The summed E-state index contributed by atoms with van der Waals surface area (Å²) >= 11 is 0. The van der Waals surface area contributed by atoms with Crippen LogP contribution in [-0.2, 0) is 14.3 Å². The van der Waals surface area contributed by atoms with Gasteiger partial charge in [0.2, 0.25) is 5.82 Å². The number of nitrogens with one attached hydrogen (secondary N) is 1. The van der Waals surface area contributed by atoms with Gasteiger partial charge in [-0.2, -0.15) is 17.6 Å². The lowest BCUT2D eigenvalue weighted by atomic mass is 9.77. The first-order chi connectivity index (χ1) is 18.8. The van der Waals surface area contributed by atoms with Crippen LogP contribution in [0.5, 0.6) is 5.75 Å². The quantitative estimate of drug-likeness (QED) is 0.467. The number of ether oxygens (including phenoxy) is 3. The van der Waals surface area contributed by atoms with Gasteiger partial charge in [-0.1, -0.05) is 13.0 Å². The second-order valence-corrected chi connectivity index (χ2v) is 9.82. The molecule has 3 heterocycles. The number of hydrogen-bond acceptors (Lipinski definition) is 7. The van der Waals surface area contributed by atoms with Crippen molar-refractivity contribution in [1.29, 1.82) is 0 Å². The van der Waals surface area contributed by atoms with Crippen molar-refractivity contribution < 1.29 is 45.8 Å². The number of halogens is 5. The minimum absolute atomic E-state index is 0.0247. The van der Waals surface area contributed by atoms with E-state index in [-0.39, 0.29) is 23.6 Å². The predicted octanol–water partition coefficient (Wildman–Crippen LogP) is 3.25. The van der Waals surface area contributed by atoms with Crippen molar-refractivity contribution in [2.75, 3.05) is 44.8 Å². The maximum atomic E-state index is 15.1. The van der Waals surface area contributed by atoms with Crippen LogP contribution >= 0.6 is 0 Å². The zero-order chi connectivity index (χ0) is 29.2. The molecule has 2 aromatic rings. The number of nitrogens with two attached hydrogens (primary N) is 1. The van der Waals surface area contributed by atoms with Gasteiger partial charge in [0.15, 0.2) is 17.2 Å². The molecule has 2 saturated heterocycles. The number of primary amides is 1. The molecule has 4 atom stereocenters. The van der Waals surface area contributed by atoms with E-state index in [1.165, 1.54) is 19.2 Å². The van der Waals surface area contributed by atoms with Gasteiger partial charge in [-0.15, -0.1) is 0 Å². The summed E-state index contributed by atoms with van der Waals surface area (Å²) in [6, 6.07) is 4.33. The van der Waals surface area contributed by atoms with E-state index in [1.807, 2.05) is 4.90 Å². The van der Waals surface area contributed by atoms with Gasteiger partial charge < -0.3 is 25.3 Å². The van der Waals surface area contributed by atoms with Gasteiger partial charge in [-0.3, -0.25) is 19.5 Å². The van der Waals surface area contributed by atoms with Crippen molar-refractivity contribution in [3.05, 3.63) is 53.4 Å². The van der Waals surface area contributed by atoms with E-state index in [0.29, 0.717) is 32.8 Å². The number of alkyl halides is 3. The highest BCUT2D eigenvalue weighted by atomic mass is 19.4. The van der Waals surface area contributed by atoms with Crippen molar-refractivity contribution in [3.8, 4) is 5.75 Å². The Bertz CT molecular complexity index is 1260. The number of nitrogens with zero attached hydrogens (tertiary/aromatic N) is 2. The molecule has 218 valence electrons. The number of pyridine rings is 1. The number of carbonyl (C=O) groups excluding carboxylic acids is 2. The number of rotatable bonds is 8. The number of morpholine rings is 1. The van der Waals surface area contributed by atoms with Crippen LogP contribution in [0.25, 0.3) is 0 Å². The van der Waals surface area contributed by atoms with E-state index in [0.717, 1.165) is 25.1 Å².